The van der Waals surface area contributed by atoms with Gasteiger partial charge in [0.2, 0.25) is 5.91 Å². The summed E-state index contributed by atoms with van der Waals surface area (Å²) in [5.74, 6) is -0.483. The van der Waals surface area contributed by atoms with Gasteiger partial charge in [-0.3, -0.25) is 9.79 Å². The van der Waals surface area contributed by atoms with E-state index in [-0.39, 0.29) is 36.5 Å². The summed E-state index contributed by atoms with van der Waals surface area (Å²) in [6.45, 7) is 8.74. The van der Waals surface area contributed by atoms with Crippen LogP contribution in [0, 0.1) is 11.6 Å². The summed E-state index contributed by atoms with van der Waals surface area (Å²) in [5.41, 5.74) is -0.0183. The number of benzene rings is 1. The van der Waals surface area contributed by atoms with Crippen LogP contribution >= 0.6 is 0 Å². The second-order valence-corrected chi connectivity index (χ2v) is 6.88. The van der Waals surface area contributed by atoms with Crippen LogP contribution < -0.4 is 10.6 Å². The zero-order valence-electron chi connectivity index (χ0n) is 15.6. The second kappa shape index (κ2) is 9.34. The van der Waals surface area contributed by atoms with Gasteiger partial charge >= 0.3 is 0 Å². The highest BCUT2D eigenvalue weighted by Gasteiger charge is 2.16. The fourth-order valence-electron chi connectivity index (χ4n) is 2.23. The quantitative estimate of drug-likeness (QED) is 0.609. The van der Waals surface area contributed by atoms with Crippen LogP contribution in [0.1, 0.15) is 33.3 Å². The third kappa shape index (κ3) is 7.96. The molecule has 0 aliphatic rings. The summed E-state index contributed by atoms with van der Waals surface area (Å²) in [6.07, 6.45) is 0.278. The van der Waals surface area contributed by atoms with E-state index in [4.69, 9.17) is 0 Å². The highest BCUT2D eigenvalue weighted by molar-refractivity contribution is 5.86. The molecule has 1 aromatic carbocycles. The molecule has 0 saturated carbocycles. The average Bonchev–Trinajstić information content (AvgIpc) is 2.47. The van der Waals surface area contributed by atoms with Crippen molar-refractivity contribution in [2.24, 2.45) is 4.99 Å². The molecule has 1 rings (SSSR count). The van der Waals surface area contributed by atoms with Crippen LogP contribution in [-0.2, 0) is 11.2 Å². The van der Waals surface area contributed by atoms with Gasteiger partial charge in [-0.1, -0.05) is 0 Å². The first-order valence-electron chi connectivity index (χ1n) is 8.36. The van der Waals surface area contributed by atoms with Gasteiger partial charge in [-0.25, -0.2) is 8.78 Å². The largest absolute Gasteiger partial charge is 0.357 e. The van der Waals surface area contributed by atoms with Crippen molar-refractivity contribution in [1.29, 1.82) is 0 Å². The lowest BCUT2D eigenvalue weighted by atomic mass is 10.1. The summed E-state index contributed by atoms with van der Waals surface area (Å²) in [6, 6.07) is 3.38. The molecule has 1 aromatic rings. The molecule has 0 spiro atoms. The Kier molecular flexibility index (Phi) is 7.80. The molecule has 0 atom stereocenters. The van der Waals surface area contributed by atoms with E-state index in [0.29, 0.717) is 12.5 Å². The van der Waals surface area contributed by atoms with Crippen molar-refractivity contribution in [2.75, 3.05) is 26.7 Å². The zero-order valence-corrected chi connectivity index (χ0v) is 15.6. The number of hydrogen-bond acceptors (Lipinski definition) is 2. The fourth-order valence-corrected chi connectivity index (χ4v) is 2.23. The third-order valence-electron chi connectivity index (χ3n) is 3.24. The van der Waals surface area contributed by atoms with Crippen molar-refractivity contribution >= 4 is 11.9 Å². The van der Waals surface area contributed by atoms with E-state index < -0.39 is 11.6 Å². The van der Waals surface area contributed by atoms with E-state index in [9.17, 15) is 13.6 Å². The molecule has 0 saturated heterocycles. The van der Waals surface area contributed by atoms with E-state index in [2.05, 4.69) is 15.6 Å². The van der Waals surface area contributed by atoms with Crippen molar-refractivity contribution < 1.29 is 13.6 Å². The maximum absolute atomic E-state index is 13.6. The number of nitrogens with zero attached hydrogens (tertiary/aromatic N) is 2. The third-order valence-corrected chi connectivity index (χ3v) is 3.24. The predicted molar refractivity (Wildman–Crippen MR) is 96.6 cm³/mol. The van der Waals surface area contributed by atoms with E-state index in [1.165, 1.54) is 6.07 Å². The molecule has 140 valence electrons. The molecule has 2 N–H and O–H groups in total. The lowest BCUT2D eigenvalue weighted by molar-refractivity contribution is -0.122. The topological polar surface area (TPSA) is 56.7 Å². The van der Waals surface area contributed by atoms with Gasteiger partial charge < -0.3 is 15.5 Å². The minimum absolute atomic E-state index is 0.114. The minimum atomic E-state index is -0.469. The van der Waals surface area contributed by atoms with Crippen LogP contribution in [0.25, 0.3) is 0 Å². The number of guanidine groups is 1. The Balaban J connectivity index is 2.69. The SMILES string of the molecule is CCNC(=NCCc1cc(F)ccc1F)N(C)CC(=O)NC(C)(C)C. The minimum Gasteiger partial charge on any atom is -0.357 e. The van der Waals surface area contributed by atoms with E-state index in [1.807, 2.05) is 27.7 Å². The monoisotopic (exact) mass is 354 g/mol. The summed E-state index contributed by atoms with van der Waals surface area (Å²) in [4.78, 5) is 18.1. The molecule has 0 aliphatic carbocycles. The molecular weight excluding hydrogens is 326 g/mol. The van der Waals surface area contributed by atoms with Gasteiger partial charge in [0.15, 0.2) is 5.96 Å². The highest BCUT2D eigenvalue weighted by Crippen LogP contribution is 2.10. The molecule has 0 aromatic heterocycles. The molecule has 7 heteroatoms. The Bertz CT molecular complexity index is 612. The number of nitrogens with one attached hydrogen (secondary N) is 2. The number of likely N-dealkylation sites (N-methyl/N-ethyl adjacent to an activating group) is 1. The lowest BCUT2D eigenvalue weighted by Gasteiger charge is -2.25. The van der Waals surface area contributed by atoms with Gasteiger partial charge in [0.25, 0.3) is 0 Å². The van der Waals surface area contributed by atoms with Crippen molar-refractivity contribution in [3.8, 4) is 0 Å². The molecule has 0 heterocycles. The van der Waals surface area contributed by atoms with E-state index in [0.717, 1.165) is 12.1 Å². The number of halogens is 2. The van der Waals surface area contributed by atoms with Crippen LogP contribution in [0.4, 0.5) is 8.78 Å². The molecular formula is C18H28F2N4O. The van der Waals surface area contributed by atoms with Gasteiger partial charge in [0.1, 0.15) is 11.6 Å². The summed E-state index contributed by atoms with van der Waals surface area (Å²) >= 11 is 0. The average molecular weight is 354 g/mol. The van der Waals surface area contributed by atoms with Crippen LogP contribution in [0.3, 0.4) is 0 Å². The van der Waals surface area contributed by atoms with Gasteiger partial charge in [0.05, 0.1) is 6.54 Å². The molecule has 5 nitrogen and oxygen atoms in total. The molecule has 1 amide bonds. The van der Waals surface area contributed by atoms with Gasteiger partial charge in [-0.05, 0) is 57.9 Å². The van der Waals surface area contributed by atoms with Gasteiger partial charge in [0, 0.05) is 25.7 Å². The van der Waals surface area contributed by atoms with Gasteiger partial charge in [-0.2, -0.15) is 0 Å². The first kappa shape index (κ1) is 20.9. The lowest BCUT2D eigenvalue weighted by Crippen LogP contribution is -2.48. The van der Waals surface area contributed by atoms with Crippen molar-refractivity contribution in [3.05, 3.63) is 35.4 Å². The first-order chi connectivity index (χ1) is 11.6. The predicted octanol–water partition coefficient (Wildman–Crippen LogP) is 2.32. The van der Waals surface area contributed by atoms with Gasteiger partial charge in [-0.15, -0.1) is 0 Å². The highest BCUT2D eigenvalue weighted by atomic mass is 19.1. The maximum atomic E-state index is 13.6. The first-order valence-corrected chi connectivity index (χ1v) is 8.36. The van der Waals surface area contributed by atoms with Crippen LogP contribution in [0.15, 0.2) is 23.2 Å². The molecule has 0 aliphatic heterocycles. The number of amides is 1. The number of aliphatic imine (C=N–C) groups is 1. The summed E-state index contributed by atoms with van der Waals surface area (Å²) < 4.78 is 26.8. The molecule has 0 fully saturated rings. The number of rotatable bonds is 6. The molecule has 0 bridgehead atoms. The maximum Gasteiger partial charge on any atom is 0.240 e. The smallest absolute Gasteiger partial charge is 0.240 e. The summed E-state index contributed by atoms with van der Waals surface area (Å²) in [5, 5.41) is 5.98. The Labute approximate surface area is 148 Å². The summed E-state index contributed by atoms with van der Waals surface area (Å²) in [7, 11) is 1.76. The normalized spacial score (nSPS) is 12.0. The standard InChI is InChI=1S/C18H28F2N4O/c1-6-21-17(24(5)12-16(25)23-18(2,3)4)22-10-9-13-11-14(19)7-8-15(13)20/h7-8,11H,6,9-10,12H2,1-5H3,(H,21,22)(H,23,25). The second-order valence-electron chi connectivity index (χ2n) is 6.88. The zero-order chi connectivity index (χ0) is 19.0. The Morgan fingerprint density at radius 2 is 1.96 bits per heavy atom. The van der Waals surface area contributed by atoms with Crippen molar-refractivity contribution in [2.45, 2.75) is 39.7 Å². The van der Waals surface area contributed by atoms with E-state index in [1.54, 1.807) is 11.9 Å². The molecule has 0 radical (unpaired) electrons. The van der Waals surface area contributed by atoms with Crippen LogP contribution in [-0.4, -0.2) is 49.0 Å². The van der Waals surface area contributed by atoms with Crippen LogP contribution in [0.5, 0.6) is 0 Å². The van der Waals surface area contributed by atoms with Crippen LogP contribution in [0.2, 0.25) is 0 Å². The van der Waals surface area contributed by atoms with E-state index >= 15 is 0 Å². The number of carbonyl (C=O) groups is 1. The Morgan fingerprint density at radius 3 is 2.56 bits per heavy atom. The fraction of sp³-hybridized carbons (Fsp3) is 0.556. The number of carbonyl (C=O) groups excluding carboxylic acids is 1. The van der Waals surface area contributed by atoms with Crippen molar-refractivity contribution in [1.82, 2.24) is 15.5 Å². The van der Waals surface area contributed by atoms with Crippen molar-refractivity contribution in [3.63, 3.8) is 0 Å². The Morgan fingerprint density at radius 1 is 1.28 bits per heavy atom. The molecule has 0 unspecified atom stereocenters. The number of hydrogen-bond donors (Lipinski definition) is 2. The molecule has 25 heavy (non-hydrogen) atoms. The Hall–Kier alpha value is -2.18.